The molecule has 3 rings (SSSR count). The summed E-state index contributed by atoms with van der Waals surface area (Å²) in [6, 6.07) is 0.524. The van der Waals surface area contributed by atoms with Crippen LogP contribution in [-0.2, 0) is 4.74 Å². The number of hydrogen-bond acceptors (Lipinski definition) is 3. The van der Waals surface area contributed by atoms with Gasteiger partial charge in [0.15, 0.2) is 0 Å². The molecule has 2 saturated heterocycles. The first-order valence-electron chi connectivity index (χ1n) is 9.21. The Bertz CT molecular complexity index is 356. The minimum absolute atomic E-state index is 0.126. The number of carbonyl (C=O) groups is 1. The summed E-state index contributed by atoms with van der Waals surface area (Å²) in [5.41, 5.74) is 0. The van der Waals surface area contributed by atoms with Crippen molar-refractivity contribution in [3.63, 3.8) is 0 Å². The van der Waals surface area contributed by atoms with E-state index in [1.165, 1.54) is 44.9 Å². The van der Waals surface area contributed by atoms with Crippen molar-refractivity contribution >= 4 is 6.03 Å². The van der Waals surface area contributed by atoms with Crippen LogP contribution in [0.25, 0.3) is 0 Å². The summed E-state index contributed by atoms with van der Waals surface area (Å²) in [6.07, 6.45) is 10.8. The molecule has 0 aromatic heterocycles. The van der Waals surface area contributed by atoms with Gasteiger partial charge < -0.3 is 15.0 Å². The van der Waals surface area contributed by atoms with Crippen LogP contribution in [0.2, 0.25) is 0 Å². The standard InChI is InChI=1S/C17H31N3O2/c21-17-18-9-11-20(17)15-6-5-10-19(14-15)12-13-22-16-7-3-1-2-4-8-16/h15-16H,1-14H2,(H,18,21)/t15-/m0/s1. The summed E-state index contributed by atoms with van der Waals surface area (Å²) in [6.45, 7) is 5.71. The topological polar surface area (TPSA) is 44.8 Å². The Labute approximate surface area is 134 Å². The molecule has 126 valence electrons. The molecule has 1 N–H and O–H groups in total. The average Bonchev–Trinajstić information content (AvgIpc) is 2.80. The monoisotopic (exact) mass is 309 g/mol. The molecule has 1 atom stereocenters. The van der Waals surface area contributed by atoms with Crippen LogP contribution in [0, 0.1) is 0 Å². The number of ether oxygens (including phenoxy) is 1. The van der Waals surface area contributed by atoms with Crippen LogP contribution in [0.1, 0.15) is 51.4 Å². The zero-order valence-corrected chi connectivity index (χ0v) is 13.8. The molecule has 22 heavy (non-hydrogen) atoms. The number of rotatable bonds is 5. The number of carbonyl (C=O) groups excluding carboxylic acids is 1. The highest BCUT2D eigenvalue weighted by molar-refractivity contribution is 5.76. The van der Waals surface area contributed by atoms with E-state index >= 15 is 0 Å². The summed E-state index contributed by atoms with van der Waals surface area (Å²) in [4.78, 5) is 16.3. The lowest BCUT2D eigenvalue weighted by Gasteiger charge is -2.37. The lowest BCUT2D eigenvalue weighted by Crippen LogP contribution is -2.49. The summed E-state index contributed by atoms with van der Waals surface area (Å²) in [5, 5.41) is 2.92. The molecule has 1 aliphatic carbocycles. The number of likely N-dealkylation sites (tertiary alicyclic amines) is 1. The van der Waals surface area contributed by atoms with Crippen molar-refractivity contribution in [2.75, 3.05) is 39.3 Å². The summed E-state index contributed by atoms with van der Waals surface area (Å²) in [5.74, 6) is 0. The van der Waals surface area contributed by atoms with Crippen LogP contribution in [0.5, 0.6) is 0 Å². The Balaban J connectivity index is 1.38. The molecule has 0 spiro atoms. The molecule has 5 heteroatoms. The van der Waals surface area contributed by atoms with Crippen LogP contribution < -0.4 is 5.32 Å². The van der Waals surface area contributed by atoms with E-state index in [1.54, 1.807) is 0 Å². The van der Waals surface area contributed by atoms with Crippen LogP contribution in [0.4, 0.5) is 4.79 Å². The molecule has 2 amide bonds. The second-order valence-corrected chi connectivity index (χ2v) is 7.01. The van der Waals surface area contributed by atoms with E-state index in [-0.39, 0.29) is 6.03 Å². The Kier molecular flexibility index (Phi) is 5.96. The van der Waals surface area contributed by atoms with E-state index in [0.717, 1.165) is 45.8 Å². The van der Waals surface area contributed by atoms with Crippen molar-refractivity contribution < 1.29 is 9.53 Å². The second-order valence-electron chi connectivity index (χ2n) is 7.01. The number of piperidine rings is 1. The van der Waals surface area contributed by atoms with Crippen molar-refractivity contribution in [2.24, 2.45) is 0 Å². The van der Waals surface area contributed by atoms with Crippen LogP contribution in [-0.4, -0.2) is 67.3 Å². The van der Waals surface area contributed by atoms with Gasteiger partial charge in [-0.25, -0.2) is 4.79 Å². The maximum atomic E-state index is 11.8. The molecular weight excluding hydrogens is 278 g/mol. The Morgan fingerprint density at radius 2 is 1.86 bits per heavy atom. The van der Waals surface area contributed by atoms with E-state index in [1.807, 2.05) is 4.90 Å². The van der Waals surface area contributed by atoms with Gasteiger partial charge in [-0.3, -0.25) is 4.90 Å². The van der Waals surface area contributed by atoms with Gasteiger partial charge in [-0.1, -0.05) is 25.7 Å². The lowest BCUT2D eigenvalue weighted by molar-refractivity contribution is 0.0203. The molecule has 0 radical (unpaired) electrons. The van der Waals surface area contributed by atoms with Gasteiger partial charge in [0.25, 0.3) is 0 Å². The van der Waals surface area contributed by atoms with Crippen LogP contribution >= 0.6 is 0 Å². The maximum Gasteiger partial charge on any atom is 0.317 e. The van der Waals surface area contributed by atoms with E-state index < -0.39 is 0 Å². The predicted molar refractivity (Wildman–Crippen MR) is 87.0 cm³/mol. The number of hydrogen-bond donors (Lipinski definition) is 1. The largest absolute Gasteiger partial charge is 0.377 e. The van der Waals surface area contributed by atoms with Crippen LogP contribution in [0.15, 0.2) is 0 Å². The second kappa shape index (κ2) is 8.16. The van der Waals surface area contributed by atoms with E-state index in [4.69, 9.17) is 4.74 Å². The summed E-state index contributed by atoms with van der Waals surface area (Å²) < 4.78 is 6.11. The summed E-state index contributed by atoms with van der Waals surface area (Å²) >= 11 is 0. The molecule has 0 unspecified atom stereocenters. The minimum Gasteiger partial charge on any atom is -0.377 e. The molecule has 3 aliphatic rings. The first-order valence-corrected chi connectivity index (χ1v) is 9.21. The first kappa shape index (κ1) is 16.1. The fourth-order valence-corrected chi connectivity index (χ4v) is 4.08. The summed E-state index contributed by atoms with van der Waals surface area (Å²) in [7, 11) is 0. The SMILES string of the molecule is O=C1NCCN1[C@H]1CCCN(CCOC2CCCCCC2)C1. The molecule has 0 bridgehead atoms. The van der Waals surface area contributed by atoms with Crippen molar-refractivity contribution in [1.82, 2.24) is 15.1 Å². The van der Waals surface area contributed by atoms with E-state index in [9.17, 15) is 4.79 Å². The maximum absolute atomic E-state index is 11.8. The first-order chi connectivity index (χ1) is 10.8. The fraction of sp³-hybridized carbons (Fsp3) is 0.941. The van der Waals surface area contributed by atoms with Gasteiger partial charge in [-0.05, 0) is 32.2 Å². The van der Waals surface area contributed by atoms with Gasteiger partial charge in [0.05, 0.1) is 12.7 Å². The van der Waals surface area contributed by atoms with Gasteiger partial charge in [0, 0.05) is 32.2 Å². The molecule has 3 fully saturated rings. The van der Waals surface area contributed by atoms with Crippen molar-refractivity contribution in [3.05, 3.63) is 0 Å². The molecule has 0 aromatic rings. The third-order valence-corrected chi connectivity index (χ3v) is 5.37. The Morgan fingerprint density at radius 3 is 2.59 bits per heavy atom. The van der Waals surface area contributed by atoms with Gasteiger partial charge in [0.2, 0.25) is 0 Å². The number of nitrogens with one attached hydrogen (secondary N) is 1. The lowest BCUT2D eigenvalue weighted by atomic mass is 10.0. The normalized spacial score (nSPS) is 28.6. The Morgan fingerprint density at radius 1 is 1.05 bits per heavy atom. The van der Waals surface area contributed by atoms with Gasteiger partial charge in [-0.2, -0.15) is 0 Å². The zero-order chi connectivity index (χ0) is 15.2. The van der Waals surface area contributed by atoms with Gasteiger partial charge >= 0.3 is 6.03 Å². The Hall–Kier alpha value is -0.810. The molecule has 2 heterocycles. The van der Waals surface area contributed by atoms with Crippen molar-refractivity contribution in [2.45, 2.75) is 63.5 Å². The molecule has 2 aliphatic heterocycles. The highest BCUT2D eigenvalue weighted by Gasteiger charge is 2.31. The third-order valence-electron chi connectivity index (χ3n) is 5.37. The third kappa shape index (κ3) is 4.35. The number of urea groups is 1. The van der Waals surface area contributed by atoms with Crippen LogP contribution in [0.3, 0.4) is 0 Å². The van der Waals surface area contributed by atoms with E-state index in [2.05, 4.69) is 10.2 Å². The fourth-order valence-electron chi connectivity index (χ4n) is 4.08. The van der Waals surface area contributed by atoms with Gasteiger partial charge in [-0.15, -0.1) is 0 Å². The van der Waals surface area contributed by atoms with Gasteiger partial charge in [0.1, 0.15) is 0 Å². The minimum atomic E-state index is 0.126. The quantitative estimate of drug-likeness (QED) is 0.792. The zero-order valence-electron chi connectivity index (χ0n) is 13.8. The smallest absolute Gasteiger partial charge is 0.317 e. The van der Waals surface area contributed by atoms with Crippen molar-refractivity contribution in [1.29, 1.82) is 0 Å². The molecule has 1 saturated carbocycles. The average molecular weight is 309 g/mol. The highest BCUT2D eigenvalue weighted by atomic mass is 16.5. The number of nitrogens with zero attached hydrogens (tertiary/aromatic N) is 2. The molecule has 5 nitrogen and oxygen atoms in total. The molecule has 0 aromatic carbocycles. The highest BCUT2D eigenvalue weighted by Crippen LogP contribution is 2.20. The predicted octanol–water partition coefficient (Wildman–Crippen LogP) is 2.22. The number of amides is 2. The van der Waals surface area contributed by atoms with E-state index in [0.29, 0.717) is 12.1 Å². The molecular formula is C17H31N3O2. The van der Waals surface area contributed by atoms with Crippen molar-refractivity contribution in [3.8, 4) is 0 Å².